The van der Waals surface area contributed by atoms with Crippen LogP contribution in [-0.4, -0.2) is 40.9 Å². The van der Waals surface area contributed by atoms with Crippen molar-refractivity contribution in [2.24, 2.45) is 0 Å². The predicted octanol–water partition coefficient (Wildman–Crippen LogP) is 1.66. The van der Waals surface area contributed by atoms with Gasteiger partial charge in [0.2, 0.25) is 16.8 Å². The van der Waals surface area contributed by atoms with Crippen LogP contribution in [0.25, 0.3) is 0 Å². The normalized spacial score (nSPS) is 13.9. The van der Waals surface area contributed by atoms with E-state index in [0.717, 1.165) is 5.56 Å². The Hall–Kier alpha value is -2.62. The number of hydrogen-bond acceptors (Lipinski definition) is 6. The smallest absolute Gasteiger partial charge is 0.251 e. The van der Waals surface area contributed by atoms with Crippen LogP contribution < -0.4 is 19.5 Å². The number of amides is 1. The number of fused-ring (bicyclic) bond motifs is 1. The summed E-state index contributed by atoms with van der Waals surface area (Å²) in [6, 6.07) is 10.9. The fraction of sp³-hybridized carbons (Fsp3) is 0.316. The van der Waals surface area contributed by atoms with Gasteiger partial charge in [0.05, 0.1) is 11.5 Å². The van der Waals surface area contributed by atoms with Gasteiger partial charge < -0.3 is 19.5 Å². The van der Waals surface area contributed by atoms with Crippen molar-refractivity contribution in [3.63, 3.8) is 0 Å². The van der Waals surface area contributed by atoms with E-state index in [1.807, 2.05) is 0 Å². The molecule has 2 N–H and O–H groups in total. The predicted molar refractivity (Wildman–Crippen MR) is 102 cm³/mol. The maximum absolute atomic E-state index is 12.6. The lowest BCUT2D eigenvalue weighted by molar-refractivity contribution is 0.0905. The minimum Gasteiger partial charge on any atom is -0.454 e. The van der Waals surface area contributed by atoms with Gasteiger partial charge in [-0.1, -0.05) is 12.1 Å². The zero-order chi connectivity index (χ0) is 20.1. The summed E-state index contributed by atoms with van der Waals surface area (Å²) >= 11 is 0. The molecule has 0 radical (unpaired) electrons. The molecule has 0 saturated heterocycles. The second-order valence-electron chi connectivity index (χ2n) is 6.37. The number of hydrogen-bond donors (Lipinski definition) is 2. The highest BCUT2D eigenvalue weighted by molar-refractivity contribution is 7.89. The van der Waals surface area contributed by atoms with Crippen LogP contribution in [-0.2, 0) is 21.3 Å². The van der Waals surface area contributed by atoms with Crippen LogP contribution >= 0.6 is 0 Å². The van der Waals surface area contributed by atoms with Crippen molar-refractivity contribution in [3.8, 4) is 11.5 Å². The third kappa shape index (κ3) is 4.80. The summed E-state index contributed by atoms with van der Waals surface area (Å²) in [4.78, 5) is 12.3. The lowest BCUT2D eigenvalue weighted by Gasteiger charge is -2.13. The molecule has 2 aromatic carbocycles. The van der Waals surface area contributed by atoms with Gasteiger partial charge in [0.1, 0.15) is 0 Å². The molecule has 2 aromatic rings. The van der Waals surface area contributed by atoms with Gasteiger partial charge >= 0.3 is 0 Å². The monoisotopic (exact) mass is 406 g/mol. The van der Waals surface area contributed by atoms with Crippen LogP contribution in [0.2, 0.25) is 0 Å². The highest BCUT2D eigenvalue weighted by atomic mass is 32.2. The van der Waals surface area contributed by atoms with Gasteiger partial charge in [-0.3, -0.25) is 4.79 Å². The summed E-state index contributed by atoms with van der Waals surface area (Å²) in [7, 11) is -2.25. The maximum Gasteiger partial charge on any atom is 0.251 e. The number of benzene rings is 2. The molecule has 0 fully saturated rings. The van der Waals surface area contributed by atoms with Gasteiger partial charge in [0, 0.05) is 25.3 Å². The number of ether oxygens (including phenoxy) is 3. The summed E-state index contributed by atoms with van der Waals surface area (Å²) in [5, 5.41) is 2.75. The van der Waals surface area contributed by atoms with Crippen molar-refractivity contribution in [2.45, 2.75) is 24.4 Å². The first-order chi connectivity index (χ1) is 13.4. The lowest BCUT2D eigenvalue weighted by Crippen LogP contribution is -2.35. The number of sulfonamides is 1. The molecular weight excluding hydrogens is 384 g/mol. The minimum atomic E-state index is -3.79. The molecule has 1 amide bonds. The van der Waals surface area contributed by atoms with Crippen molar-refractivity contribution < 1.29 is 27.4 Å². The van der Waals surface area contributed by atoms with Gasteiger partial charge in [-0.15, -0.1) is 0 Å². The Bertz CT molecular complexity index is 961. The van der Waals surface area contributed by atoms with Crippen LogP contribution in [0.3, 0.4) is 0 Å². The van der Waals surface area contributed by atoms with E-state index in [2.05, 4.69) is 10.0 Å². The molecule has 1 aliphatic heterocycles. The lowest BCUT2D eigenvalue weighted by atomic mass is 10.2. The summed E-state index contributed by atoms with van der Waals surface area (Å²) in [5.74, 6) is 0.853. The van der Waals surface area contributed by atoms with E-state index >= 15 is 0 Å². The van der Waals surface area contributed by atoms with Gasteiger partial charge in [0.15, 0.2) is 11.5 Å². The molecule has 8 nitrogen and oxygen atoms in total. The van der Waals surface area contributed by atoms with E-state index in [1.165, 1.54) is 18.2 Å². The molecule has 0 bridgehead atoms. The number of carbonyl (C=O) groups excluding carboxylic acids is 1. The zero-order valence-electron chi connectivity index (χ0n) is 15.6. The molecule has 9 heteroatoms. The fourth-order valence-corrected chi connectivity index (χ4v) is 3.78. The number of methoxy groups -OCH3 is 1. The van der Waals surface area contributed by atoms with Crippen molar-refractivity contribution in [1.29, 1.82) is 0 Å². The molecule has 3 rings (SSSR count). The summed E-state index contributed by atoms with van der Waals surface area (Å²) in [6.45, 7) is 2.40. The van der Waals surface area contributed by atoms with Crippen LogP contribution in [0.1, 0.15) is 22.8 Å². The maximum atomic E-state index is 12.6. The number of rotatable bonds is 8. The second kappa shape index (κ2) is 8.59. The van der Waals surface area contributed by atoms with Gasteiger partial charge in [0.25, 0.3) is 5.91 Å². The van der Waals surface area contributed by atoms with Gasteiger partial charge in [-0.2, -0.15) is 0 Å². The first-order valence-corrected chi connectivity index (χ1v) is 10.2. The van der Waals surface area contributed by atoms with Gasteiger partial charge in [-0.05, 0) is 42.8 Å². The van der Waals surface area contributed by atoms with Crippen molar-refractivity contribution in [3.05, 3.63) is 53.6 Å². The quantitative estimate of drug-likeness (QED) is 0.691. The molecule has 1 atom stereocenters. The third-order valence-corrected chi connectivity index (χ3v) is 5.50. The van der Waals surface area contributed by atoms with E-state index in [1.54, 1.807) is 38.3 Å². The largest absolute Gasteiger partial charge is 0.454 e. The second-order valence-corrected chi connectivity index (χ2v) is 8.14. The molecule has 0 aliphatic carbocycles. The van der Waals surface area contributed by atoms with E-state index in [4.69, 9.17) is 14.2 Å². The standard InChI is InChI=1S/C19H22N2O6S/c1-13(11-25-2)21-19(22)15-4-3-5-16(9-15)28(23,24)20-10-14-6-7-17-18(8-14)27-12-26-17/h3-9,13,20H,10-12H2,1-2H3,(H,21,22). The summed E-state index contributed by atoms with van der Waals surface area (Å²) < 4.78 is 43.3. The zero-order valence-corrected chi connectivity index (χ0v) is 16.4. The fourth-order valence-electron chi connectivity index (χ4n) is 2.72. The number of nitrogens with one attached hydrogen (secondary N) is 2. The summed E-state index contributed by atoms with van der Waals surface area (Å²) in [6.07, 6.45) is 0. The SMILES string of the molecule is COCC(C)NC(=O)c1cccc(S(=O)(=O)NCc2ccc3c(c2)OCO3)c1. The molecular formula is C19H22N2O6S. The minimum absolute atomic E-state index is 0.0142. The van der Waals surface area contributed by atoms with Crippen molar-refractivity contribution in [2.75, 3.05) is 20.5 Å². The van der Waals surface area contributed by atoms with Gasteiger partial charge in [-0.25, -0.2) is 13.1 Å². The number of carbonyl (C=O) groups is 1. The summed E-state index contributed by atoms with van der Waals surface area (Å²) in [5.41, 5.74) is 0.990. The Labute approximate surface area is 163 Å². The Balaban J connectivity index is 1.68. The Morgan fingerprint density at radius 3 is 2.75 bits per heavy atom. The highest BCUT2D eigenvalue weighted by Crippen LogP contribution is 2.32. The van der Waals surface area contributed by atoms with Crippen LogP contribution in [0, 0.1) is 0 Å². The topological polar surface area (TPSA) is 103 Å². The Kier molecular flexibility index (Phi) is 6.18. The average Bonchev–Trinajstić information content (AvgIpc) is 3.14. The van der Waals surface area contributed by atoms with E-state index in [0.29, 0.717) is 18.1 Å². The first kappa shape index (κ1) is 20.1. The molecule has 0 spiro atoms. The first-order valence-electron chi connectivity index (χ1n) is 8.67. The Morgan fingerprint density at radius 1 is 1.18 bits per heavy atom. The van der Waals surface area contributed by atoms with Crippen LogP contribution in [0.5, 0.6) is 11.5 Å². The highest BCUT2D eigenvalue weighted by Gasteiger charge is 2.18. The molecule has 150 valence electrons. The van der Waals surface area contributed by atoms with E-state index in [-0.39, 0.29) is 35.7 Å². The molecule has 1 heterocycles. The molecule has 0 aromatic heterocycles. The molecule has 1 unspecified atom stereocenters. The molecule has 28 heavy (non-hydrogen) atoms. The van der Waals surface area contributed by atoms with Crippen LogP contribution in [0.15, 0.2) is 47.4 Å². The molecule has 1 aliphatic rings. The van der Waals surface area contributed by atoms with E-state index in [9.17, 15) is 13.2 Å². The van der Waals surface area contributed by atoms with Crippen LogP contribution in [0.4, 0.5) is 0 Å². The van der Waals surface area contributed by atoms with E-state index < -0.39 is 10.0 Å². The average molecular weight is 406 g/mol. The molecule has 0 saturated carbocycles. The third-order valence-electron chi connectivity index (χ3n) is 4.10. The van der Waals surface area contributed by atoms with Crippen molar-refractivity contribution >= 4 is 15.9 Å². The van der Waals surface area contributed by atoms with Crippen molar-refractivity contribution in [1.82, 2.24) is 10.0 Å². The Morgan fingerprint density at radius 2 is 1.96 bits per heavy atom.